The lowest BCUT2D eigenvalue weighted by molar-refractivity contribution is -0.660. The van der Waals surface area contributed by atoms with Gasteiger partial charge in [-0.15, -0.1) is 0 Å². The topological polar surface area (TPSA) is 3.88 Å². The summed E-state index contributed by atoms with van der Waals surface area (Å²) in [6.07, 6.45) is 13.9. The first-order valence-corrected chi connectivity index (χ1v) is 14.2. The fourth-order valence-electron chi connectivity index (χ4n) is 7.26. The van der Waals surface area contributed by atoms with Crippen molar-refractivity contribution in [1.82, 2.24) is 0 Å². The van der Waals surface area contributed by atoms with Crippen molar-refractivity contribution in [2.75, 3.05) is 0 Å². The fourth-order valence-corrected chi connectivity index (χ4v) is 7.26. The quantitative estimate of drug-likeness (QED) is 0.260. The van der Waals surface area contributed by atoms with Crippen LogP contribution in [0.1, 0.15) is 74.0 Å². The summed E-state index contributed by atoms with van der Waals surface area (Å²) in [5.74, 6) is 2.79. The minimum Gasteiger partial charge on any atom is -0.201 e. The standard InChI is InChI=1S/C35H40N/c1-24-8-4-7-11-33(24)35-22-34(25(2)23-36(35)3)32-19-18-30-20-29(16-17-31(30)21-32)28-14-12-27(13-15-28)26-9-5-6-10-26/h4,7-8,11,16-23,26-28H,5-6,9-10,12-15H2,1-3H3/q+1. The summed E-state index contributed by atoms with van der Waals surface area (Å²) in [5.41, 5.74) is 9.37. The van der Waals surface area contributed by atoms with Crippen molar-refractivity contribution < 1.29 is 4.57 Å². The van der Waals surface area contributed by atoms with Crippen LogP contribution in [0, 0.1) is 25.7 Å². The van der Waals surface area contributed by atoms with E-state index in [1.54, 1.807) is 5.56 Å². The first kappa shape index (κ1) is 23.5. The highest BCUT2D eigenvalue weighted by Crippen LogP contribution is 2.44. The number of fused-ring (bicyclic) bond motifs is 1. The molecule has 0 bridgehead atoms. The molecule has 0 radical (unpaired) electrons. The highest BCUT2D eigenvalue weighted by atomic mass is 14.9. The van der Waals surface area contributed by atoms with Crippen LogP contribution < -0.4 is 4.57 Å². The predicted molar refractivity (Wildman–Crippen MR) is 152 cm³/mol. The monoisotopic (exact) mass is 474 g/mol. The van der Waals surface area contributed by atoms with E-state index >= 15 is 0 Å². The van der Waals surface area contributed by atoms with Gasteiger partial charge in [0.1, 0.15) is 7.05 Å². The van der Waals surface area contributed by atoms with Gasteiger partial charge in [0.15, 0.2) is 6.20 Å². The van der Waals surface area contributed by atoms with E-state index in [0.717, 1.165) is 17.8 Å². The summed E-state index contributed by atoms with van der Waals surface area (Å²) < 4.78 is 2.26. The van der Waals surface area contributed by atoms with Gasteiger partial charge in [0.05, 0.1) is 0 Å². The van der Waals surface area contributed by atoms with Gasteiger partial charge in [-0.2, -0.15) is 0 Å². The zero-order chi connectivity index (χ0) is 24.6. The minimum atomic E-state index is 0.750. The summed E-state index contributed by atoms with van der Waals surface area (Å²) in [6.45, 7) is 4.43. The Bertz CT molecular complexity index is 1380. The number of hydrogen-bond acceptors (Lipinski definition) is 0. The van der Waals surface area contributed by atoms with E-state index in [9.17, 15) is 0 Å². The van der Waals surface area contributed by atoms with Crippen LogP contribution in [-0.4, -0.2) is 0 Å². The van der Waals surface area contributed by atoms with Crippen LogP contribution in [-0.2, 0) is 7.05 Å². The van der Waals surface area contributed by atoms with Crippen LogP contribution in [0.25, 0.3) is 33.2 Å². The summed E-state index contributed by atoms with van der Waals surface area (Å²) in [7, 11) is 2.15. The van der Waals surface area contributed by atoms with Gasteiger partial charge in [0.25, 0.3) is 0 Å². The van der Waals surface area contributed by atoms with Gasteiger partial charge in [-0.1, -0.05) is 74.2 Å². The third-order valence-electron chi connectivity index (χ3n) is 9.38. The van der Waals surface area contributed by atoms with E-state index in [1.165, 1.54) is 95.7 Å². The molecule has 0 spiro atoms. The fraction of sp³-hybridized carbons (Fsp3) is 0.400. The second kappa shape index (κ2) is 9.85. The van der Waals surface area contributed by atoms with E-state index in [-0.39, 0.29) is 0 Å². The van der Waals surface area contributed by atoms with E-state index in [0.29, 0.717) is 0 Å². The molecule has 0 unspecified atom stereocenters. The maximum absolute atomic E-state index is 2.48. The Morgan fingerprint density at radius 3 is 2.11 bits per heavy atom. The Hall–Kier alpha value is -2.93. The normalized spacial score (nSPS) is 20.8. The van der Waals surface area contributed by atoms with Gasteiger partial charge in [-0.3, -0.25) is 0 Å². The molecule has 2 aliphatic carbocycles. The van der Waals surface area contributed by atoms with Gasteiger partial charge in [-0.25, -0.2) is 4.57 Å². The molecule has 1 nitrogen and oxygen atoms in total. The van der Waals surface area contributed by atoms with Crippen LogP contribution in [0.2, 0.25) is 0 Å². The summed E-state index contributed by atoms with van der Waals surface area (Å²) in [6, 6.07) is 25.4. The van der Waals surface area contributed by atoms with E-state index in [1.807, 2.05) is 0 Å². The molecule has 4 aromatic rings. The number of aryl methyl sites for hydroxylation is 3. The third-order valence-corrected chi connectivity index (χ3v) is 9.38. The Balaban J connectivity index is 1.26. The SMILES string of the molecule is Cc1c[n+](C)c(-c2ccccc2C)cc1-c1ccc2cc(C3CCC(C4CCCC4)CC3)ccc2c1. The third kappa shape index (κ3) is 4.49. The van der Waals surface area contributed by atoms with Crippen molar-refractivity contribution in [1.29, 1.82) is 0 Å². The van der Waals surface area contributed by atoms with Crippen molar-refractivity contribution in [3.63, 3.8) is 0 Å². The van der Waals surface area contributed by atoms with E-state index in [2.05, 4.69) is 98.4 Å². The largest absolute Gasteiger partial charge is 0.213 e. The van der Waals surface area contributed by atoms with Crippen LogP contribution in [0.15, 0.2) is 72.9 Å². The number of aromatic nitrogens is 1. The van der Waals surface area contributed by atoms with Crippen LogP contribution in [0.5, 0.6) is 0 Å². The molecule has 1 heteroatoms. The van der Waals surface area contributed by atoms with E-state index < -0.39 is 0 Å². The molecule has 0 amide bonds. The van der Waals surface area contributed by atoms with Crippen LogP contribution >= 0.6 is 0 Å². The van der Waals surface area contributed by atoms with Gasteiger partial charge in [0.2, 0.25) is 5.69 Å². The predicted octanol–water partition coefficient (Wildman–Crippen LogP) is 9.08. The second-order valence-electron chi connectivity index (χ2n) is 11.7. The first-order valence-electron chi connectivity index (χ1n) is 14.2. The number of benzene rings is 3. The summed E-state index contributed by atoms with van der Waals surface area (Å²) in [4.78, 5) is 0. The van der Waals surface area contributed by atoms with Crippen molar-refractivity contribution >= 4 is 10.8 Å². The van der Waals surface area contributed by atoms with Gasteiger partial charge < -0.3 is 0 Å². The molecule has 0 N–H and O–H groups in total. The maximum atomic E-state index is 2.48. The molecule has 1 heterocycles. The molecule has 184 valence electrons. The molecular weight excluding hydrogens is 434 g/mol. The average molecular weight is 475 g/mol. The first-order chi connectivity index (χ1) is 17.6. The molecule has 2 saturated carbocycles. The van der Waals surface area contributed by atoms with Gasteiger partial charge >= 0.3 is 0 Å². The van der Waals surface area contributed by atoms with Crippen LogP contribution in [0.4, 0.5) is 0 Å². The zero-order valence-corrected chi connectivity index (χ0v) is 22.3. The summed E-state index contributed by atoms with van der Waals surface area (Å²) in [5, 5.41) is 2.73. The highest BCUT2D eigenvalue weighted by molar-refractivity contribution is 5.88. The van der Waals surface area contributed by atoms with Crippen molar-refractivity contribution in [2.24, 2.45) is 18.9 Å². The highest BCUT2D eigenvalue weighted by Gasteiger charge is 2.30. The number of nitrogens with zero attached hydrogens (tertiary/aromatic N) is 1. The van der Waals surface area contributed by atoms with Crippen molar-refractivity contribution in [3.8, 4) is 22.4 Å². The molecule has 3 aromatic carbocycles. The number of rotatable bonds is 4. The Kier molecular flexibility index (Phi) is 6.42. The smallest absolute Gasteiger partial charge is 0.201 e. The molecule has 2 fully saturated rings. The Labute approximate surface area is 217 Å². The Morgan fingerprint density at radius 1 is 0.639 bits per heavy atom. The lowest BCUT2D eigenvalue weighted by atomic mass is 9.73. The lowest BCUT2D eigenvalue weighted by Gasteiger charge is -2.32. The molecule has 0 saturated heterocycles. The molecular formula is C35H40N+. The number of hydrogen-bond donors (Lipinski definition) is 0. The second-order valence-corrected chi connectivity index (χ2v) is 11.7. The molecule has 1 aromatic heterocycles. The average Bonchev–Trinajstić information content (AvgIpc) is 3.44. The summed E-state index contributed by atoms with van der Waals surface area (Å²) >= 11 is 0. The van der Waals surface area contributed by atoms with Crippen molar-refractivity contribution in [2.45, 2.75) is 71.1 Å². The van der Waals surface area contributed by atoms with Gasteiger partial charge in [0, 0.05) is 17.2 Å². The molecule has 2 aliphatic rings. The molecule has 0 aliphatic heterocycles. The van der Waals surface area contributed by atoms with E-state index in [4.69, 9.17) is 0 Å². The minimum absolute atomic E-state index is 0.750. The van der Waals surface area contributed by atoms with Crippen LogP contribution in [0.3, 0.4) is 0 Å². The molecule has 6 rings (SSSR count). The lowest BCUT2D eigenvalue weighted by Crippen LogP contribution is -2.31. The van der Waals surface area contributed by atoms with Gasteiger partial charge in [-0.05, 0) is 102 Å². The Morgan fingerprint density at radius 2 is 1.33 bits per heavy atom. The zero-order valence-electron chi connectivity index (χ0n) is 22.3. The molecule has 0 atom stereocenters. The molecule has 36 heavy (non-hydrogen) atoms. The number of pyridine rings is 1. The maximum Gasteiger partial charge on any atom is 0.213 e. The van der Waals surface area contributed by atoms with Crippen molar-refractivity contribution in [3.05, 3.63) is 89.6 Å².